The van der Waals surface area contributed by atoms with Crippen LogP contribution in [0.1, 0.15) is 25.8 Å². The average molecular weight is 340 g/mol. The zero-order valence-corrected chi connectivity index (χ0v) is 14.9. The van der Waals surface area contributed by atoms with Crippen molar-refractivity contribution in [3.63, 3.8) is 0 Å². The van der Waals surface area contributed by atoms with Gasteiger partial charge in [-0.1, -0.05) is 26.0 Å². The number of nitrogens with zero attached hydrogens (tertiary/aromatic N) is 2. The van der Waals surface area contributed by atoms with Gasteiger partial charge in [0, 0.05) is 31.9 Å². The average Bonchev–Trinajstić information content (AvgIpc) is 2.47. The Labute approximate surface area is 140 Å². The van der Waals surface area contributed by atoms with Crippen LogP contribution in [0.2, 0.25) is 0 Å². The van der Waals surface area contributed by atoms with Crippen LogP contribution >= 0.6 is 0 Å². The predicted molar refractivity (Wildman–Crippen MR) is 94.7 cm³/mol. The third-order valence-corrected chi connectivity index (χ3v) is 5.00. The van der Waals surface area contributed by atoms with Crippen LogP contribution in [0.15, 0.2) is 24.3 Å². The normalized spacial score (nSPS) is 17.0. The van der Waals surface area contributed by atoms with E-state index in [-0.39, 0.29) is 5.75 Å². The minimum Gasteiger partial charge on any atom is -0.369 e. The molecule has 5 nitrogen and oxygen atoms in total. The molecule has 0 radical (unpaired) electrons. The summed E-state index contributed by atoms with van der Waals surface area (Å²) in [7, 11) is -3.83. The van der Waals surface area contributed by atoms with Crippen molar-refractivity contribution in [2.24, 2.45) is 5.92 Å². The molecule has 6 heteroatoms. The smallest absolute Gasteiger partial charge is 0.264 e. The summed E-state index contributed by atoms with van der Waals surface area (Å²) in [6, 6.07) is 8.83. The Morgan fingerprint density at radius 1 is 1.09 bits per heavy atom. The van der Waals surface area contributed by atoms with Gasteiger partial charge in [-0.25, -0.2) is 0 Å². The van der Waals surface area contributed by atoms with Gasteiger partial charge in [0.15, 0.2) is 0 Å². The van der Waals surface area contributed by atoms with Crippen LogP contribution < -0.4 is 4.90 Å². The molecule has 1 aromatic carbocycles. The summed E-state index contributed by atoms with van der Waals surface area (Å²) in [6.45, 7) is 8.95. The molecule has 0 spiro atoms. The highest BCUT2D eigenvalue weighted by molar-refractivity contribution is 7.85. The minimum absolute atomic E-state index is 0.148. The lowest BCUT2D eigenvalue weighted by Gasteiger charge is -2.36. The summed E-state index contributed by atoms with van der Waals surface area (Å²) < 4.78 is 30.2. The highest BCUT2D eigenvalue weighted by atomic mass is 32.2. The fourth-order valence-electron chi connectivity index (χ4n) is 3.01. The van der Waals surface area contributed by atoms with E-state index in [1.54, 1.807) is 0 Å². The molecule has 1 heterocycles. The van der Waals surface area contributed by atoms with Gasteiger partial charge in [-0.15, -0.1) is 0 Å². The Bertz CT molecular complexity index is 576. The second-order valence-electron chi connectivity index (χ2n) is 6.73. The third-order valence-electron chi connectivity index (χ3n) is 4.19. The number of rotatable bonds is 7. The molecule has 130 valence electrons. The topological polar surface area (TPSA) is 60.9 Å². The molecule has 1 saturated heterocycles. The van der Waals surface area contributed by atoms with Crippen molar-refractivity contribution in [2.45, 2.75) is 26.7 Å². The summed E-state index contributed by atoms with van der Waals surface area (Å²) in [5, 5.41) is 0. The zero-order chi connectivity index (χ0) is 16.9. The molecule has 1 N–H and O–H groups in total. The Morgan fingerprint density at radius 3 is 2.22 bits per heavy atom. The van der Waals surface area contributed by atoms with Crippen molar-refractivity contribution < 1.29 is 13.0 Å². The van der Waals surface area contributed by atoms with E-state index in [9.17, 15) is 8.42 Å². The number of piperazine rings is 1. The maximum atomic E-state index is 10.7. The number of anilines is 1. The maximum Gasteiger partial charge on any atom is 0.264 e. The van der Waals surface area contributed by atoms with Gasteiger partial charge in [0.05, 0.1) is 5.75 Å². The third kappa shape index (κ3) is 6.49. The summed E-state index contributed by atoms with van der Waals surface area (Å²) in [6.07, 6.45) is 1.60. The molecule has 0 amide bonds. The van der Waals surface area contributed by atoms with Crippen LogP contribution in [-0.4, -0.2) is 56.3 Å². The second kappa shape index (κ2) is 8.13. The van der Waals surface area contributed by atoms with Crippen LogP contribution in [0.25, 0.3) is 0 Å². The van der Waals surface area contributed by atoms with Crippen LogP contribution in [0.5, 0.6) is 0 Å². The first-order chi connectivity index (χ1) is 10.8. The molecule has 0 aromatic heterocycles. The Balaban J connectivity index is 1.77. The van der Waals surface area contributed by atoms with Crippen molar-refractivity contribution in [3.8, 4) is 0 Å². The van der Waals surface area contributed by atoms with E-state index >= 15 is 0 Å². The lowest BCUT2D eigenvalue weighted by molar-refractivity contribution is 0.258. The Kier molecular flexibility index (Phi) is 6.44. The highest BCUT2D eigenvalue weighted by Crippen LogP contribution is 2.19. The van der Waals surface area contributed by atoms with Crippen LogP contribution in [0.4, 0.5) is 5.69 Å². The molecule has 1 aliphatic rings. The molecule has 23 heavy (non-hydrogen) atoms. The minimum atomic E-state index is -3.83. The van der Waals surface area contributed by atoms with Gasteiger partial charge in [0.25, 0.3) is 10.1 Å². The van der Waals surface area contributed by atoms with Crippen molar-refractivity contribution in [1.29, 1.82) is 0 Å². The van der Waals surface area contributed by atoms with E-state index in [1.807, 2.05) is 0 Å². The monoisotopic (exact) mass is 340 g/mol. The molecule has 2 rings (SSSR count). The van der Waals surface area contributed by atoms with Gasteiger partial charge in [-0.3, -0.25) is 9.45 Å². The van der Waals surface area contributed by atoms with E-state index < -0.39 is 10.1 Å². The molecule has 0 unspecified atom stereocenters. The maximum absolute atomic E-state index is 10.7. The molecule has 0 bridgehead atoms. The second-order valence-corrected chi connectivity index (χ2v) is 8.30. The lowest BCUT2D eigenvalue weighted by atomic mass is 10.0. The zero-order valence-electron chi connectivity index (χ0n) is 14.1. The molecule has 1 fully saturated rings. The number of hydrogen-bond acceptors (Lipinski definition) is 4. The summed E-state index contributed by atoms with van der Waals surface area (Å²) in [4.78, 5) is 4.63. The Hall–Kier alpha value is -1.11. The van der Waals surface area contributed by atoms with E-state index in [2.05, 4.69) is 47.9 Å². The van der Waals surface area contributed by atoms with Crippen molar-refractivity contribution in [2.75, 3.05) is 43.4 Å². The van der Waals surface area contributed by atoms with E-state index in [4.69, 9.17) is 4.55 Å². The standard InChI is InChI=1S/C17H28N2O3S/c1-15(2)14-16-4-6-17(7-5-16)19-11-9-18(10-12-19)8-3-13-23(20,21)22/h4-7,15H,3,8-14H2,1-2H3,(H,20,21,22). The first kappa shape index (κ1) is 18.2. The number of hydrogen-bond donors (Lipinski definition) is 1. The van der Waals surface area contributed by atoms with Gasteiger partial charge in [-0.05, 0) is 43.0 Å². The molecule has 1 aromatic rings. The molecular weight excluding hydrogens is 312 g/mol. The molecule has 0 aliphatic carbocycles. The fraction of sp³-hybridized carbons (Fsp3) is 0.647. The van der Waals surface area contributed by atoms with Crippen molar-refractivity contribution in [3.05, 3.63) is 29.8 Å². The van der Waals surface area contributed by atoms with E-state index in [0.29, 0.717) is 12.3 Å². The van der Waals surface area contributed by atoms with E-state index in [0.717, 1.165) is 39.1 Å². The van der Waals surface area contributed by atoms with Gasteiger partial charge >= 0.3 is 0 Å². The predicted octanol–water partition coefficient (Wildman–Crippen LogP) is 2.29. The first-order valence-electron chi connectivity index (χ1n) is 8.35. The summed E-state index contributed by atoms with van der Waals surface area (Å²) in [5.41, 5.74) is 2.64. The largest absolute Gasteiger partial charge is 0.369 e. The summed E-state index contributed by atoms with van der Waals surface area (Å²) in [5.74, 6) is 0.525. The van der Waals surface area contributed by atoms with Crippen LogP contribution in [0.3, 0.4) is 0 Å². The van der Waals surface area contributed by atoms with Crippen molar-refractivity contribution >= 4 is 15.8 Å². The van der Waals surface area contributed by atoms with Gasteiger partial charge in [0.2, 0.25) is 0 Å². The van der Waals surface area contributed by atoms with Gasteiger partial charge in [0.1, 0.15) is 0 Å². The van der Waals surface area contributed by atoms with Gasteiger partial charge in [-0.2, -0.15) is 8.42 Å². The lowest BCUT2D eigenvalue weighted by Crippen LogP contribution is -2.46. The SMILES string of the molecule is CC(C)Cc1ccc(N2CCN(CCCS(=O)(=O)O)CC2)cc1. The summed E-state index contributed by atoms with van der Waals surface area (Å²) >= 11 is 0. The fourth-order valence-corrected chi connectivity index (χ4v) is 3.51. The molecule has 0 atom stereocenters. The number of benzene rings is 1. The quantitative estimate of drug-likeness (QED) is 0.772. The van der Waals surface area contributed by atoms with Crippen LogP contribution in [-0.2, 0) is 16.5 Å². The van der Waals surface area contributed by atoms with Gasteiger partial charge < -0.3 is 4.90 Å². The van der Waals surface area contributed by atoms with Crippen molar-refractivity contribution in [1.82, 2.24) is 4.90 Å². The Morgan fingerprint density at radius 2 is 1.70 bits per heavy atom. The first-order valence-corrected chi connectivity index (χ1v) is 9.96. The highest BCUT2D eigenvalue weighted by Gasteiger charge is 2.17. The molecule has 1 aliphatic heterocycles. The van der Waals surface area contributed by atoms with Crippen LogP contribution in [0, 0.1) is 5.92 Å². The molecule has 0 saturated carbocycles. The van der Waals surface area contributed by atoms with E-state index in [1.165, 1.54) is 11.3 Å². The molecular formula is C17H28N2O3S.